The molecule has 2 aromatic carbocycles. The predicted molar refractivity (Wildman–Crippen MR) is 102 cm³/mol. The van der Waals surface area contributed by atoms with Crippen molar-refractivity contribution in [2.75, 3.05) is 13.1 Å². The van der Waals surface area contributed by atoms with Gasteiger partial charge in [-0.1, -0.05) is 37.6 Å². The molecule has 1 aliphatic rings. The molecule has 1 fully saturated rings. The second-order valence-electron chi connectivity index (χ2n) is 7.15. The molecule has 2 aromatic rings. The third-order valence-electron chi connectivity index (χ3n) is 5.22. The molecule has 1 amide bonds. The number of nitrogens with zero attached hydrogens (tertiary/aromatic N) is 1. The van der Waals surface area contributed by atoms with Crippen LogP contribution in [0.15, 0.2) is 48.5 Å². The second-order valence-corrected chi connectivity index (χ2v) is 7.15. The van der Waals surface area contributed by atoms with Gasteiger partial charge in [-0.2, -0.15) is 0 Å². The van der Waals surface area contributed by atoms with E-state index in [1.54, 1.807) is 30.3 Å². The van der Waals surface area contributed by atoms with Crippen molar-refractivity contribution in [3.05, 3.63) is 54.1 Å². The predicted octanol–water partition coefficient (Wildman–Crippen LogP) is 5.90. The summed E-state index contributed by atoms with van der Waals surface area (Å²) in [7, 11) is 0. The fraction of sp³-hybridized carbons (Fsp3) is 0.409. The summed E-state index contributed by atoms with van der Waals surface area (Å²) in [6.07, 6.45) is -0.445. The molecule has 0 radical (unpaired) electrons. The minimum absolute atomic E-state index is 0.0266. The molecular formula is C22H24F3NO2. The Balaban J connectivity index is 1.79. The Bertz CT molecular complexity index is 819. The number of hydrogen-bond acceptors (Lipinski definition) is 2. The zero-order valence-corrected chi connectivity index (χ0v) is 15.8. The summed E-state index contributed by atoms with van der Waals surface area (Å²) in [5, 5.41) is 0. The van der Waals surface area contributed by atoms with Gasteiger partial charge in [-0.05, 0) is 60.6 Å². The van der Waals surface area contributed by atoms with Gasteiger partial charge in [0.1, 0.15) is 5.75 Å². The summed E-state index contributed by atoms with van der Waals surface area (Å²) >= 11 is 0. The van der Waals surface area contributed by atoms with Gasteiger partial charge in [0.05, 0.1) is 0 Å². The van der Waals surface area contributed by atoms with E-state index in [9.17, 15) is 18.0 Å². The van der Waals surface area contributed by atoms with Gasteiger partial charge in [-0.15, -0.1) is 13.2 Å². The van der Waals surface area contributed by atoms with Crippen molar-refractivity contribution in [3.63, 3.8) is 0 Å². The fourth-order valence-electron chi connectivity index (χ4n) is 3.66. The molecule has 0 N–H and O–H groups in total. The Morgan fingerprint density at radius 3 is 2.50 bits per heavy atom. The standard InChI is InChI=1S/C22H24F3NO2/c1-2-16-6-5-12-26(13-11-16)21(27)19-9-3-7-17(14-19)18-8-4-10-20(15-18)28-22(23,24)25/h3-4,7-10,14-16H,2,5-6,11-13H2,1H3. The van der Waals surface area contributed by atoms with Gasteiger partial charge in [0.15, 0.2) is 0 Å². The Labute approximate surface area is 163 Å². The van der Waals surface area contributed by atoms with Crippen LogP contribution in [0.4, 0.5) is 13.2 Å². The van der Waals surface area contributed by atoms with E-state index in [0.717, 1.165) is 38.8 Å². The SMILES string of the molecule is CCC1CCCN(C(=O)c2cccc(-c3cccc(OC(F)(F)F)c3)c2)CC1. The van der Waals surface area contributed by atoms with Gasteiger partial charge in [-0.3, -0.25) is 4.79 Å². The van der Waals surface area contributed by atoms with Crippen LogP contribution in [-0.2, 0) is 0 Å². The molecule has 150 valence electrons. The van der Waals surface area contributed by atoms with Gasteiger partial charge >= 0.3 is 6.36 Å². The maximum Gasteiger partial charge on any atom is 0.573 e. The van der Waals surface area contributed by atoms with E-state index in [1.807, 2.05) is 4.90 Å². The number of hydrogen-bond donors (Lipinski definition) is 0. The van der Waals surface area contributed by atoms with E-state index in [0.29, 0.717) is 22.6 Å². The first-order chi connectivity index (χ1) is 13.4. The quantitative estimate of drug-likeness (QED) is 0.649. The van der Waals surface area contributed by atoms with Crippen LogP contribution >= 0.6 is 0 Å². The molecule has 28 heavy (non-hydrogen) atoms. The molecule has 6 heteroatoms. The first-order valence-corrected chi connectivity index (χ1v) is 9.61. The molecule has 3 nitrogen and oxygen atoms in total. The van der Waals surface area contributed by atoms with Crippen molar-refractivity contribution in [3.8, 4) is 16.9 Å². The first-order valence-electron chi connectivity index (χ1n) is 9.61. The number of alkyl halides is 3. The van der Waals surface area contributed by atoms with Gasteiger partial charge in [-0.25, -0.2) is 0 Å². The highest BCUT2D eigenvalue weighted by atomic mass is 19.4. The Hall–Kier alpha value is -2.50. The van der Waals surface area contributed by atoms with Crippen LogP contribution in [0, 0.1) is 5.92 Å². The van der Waals surface area contributed by atoms with E-state index in [2.05, 4.69) is 11.7 Å². The van der Waals surface area contributed by atoms with Crippen LogP contribution < -0.4 is 4.74 Å². The third kappa shape index (κ3) is 5.27. The largest absolute Gasteiger partial charge is 0.573 e. The molecule has 1 saturated heterocycles. The zero-order chi connectivity index (χ0) is 20.1. The summed E-state index contributed by atoms with van der Waals surface area (Å²) in [5.41, 5.74) is 1.80. The topological polar surface area (TPSA) is 29.5 Å². The van der Waals surface area contributed by atoms with Crippen molar-refractivity contribution in [1.82, 2.24) is 4.90 Å². The molecule has 0 spiro atoms. The van der Waals surface area contributed by atoms with Crippen LogP contribution in [0.25, 0.3) is 11.1 Å². The van der Waals surface area contributed by atoms with Crippen LogP contribution in [0.3, 0.4) is 0 Å². The van der Waals surface area contributed by atoms with Crippen molar-refractivity contribution in [2.24, 2.45) is 5.92 Å². The lowest BCUT2D eigenvalue weighted by Crippen LogP contribution is -2.32. The number of likely N-dealkylation sites (tertiary alicyclic amines) is 1. The maximum atomic E-state index is 12.9. The molecular weight excluding hydrogens is 367 g/mol. The van der Waals surface area contributed by atoms with Crippen LogP contribution in [0.1, 0.15) is 43.0 Å². The molecule has 0 aromatic heterocycles. The molecule has 1 atom stereocenters. The van der Waals surface area contributed by atoms with E-state index in [1.165, 1.54) is 18.2 Å². The van der Waals surface area contributed by atoms with E-state index in [-0.39, 0.29) is 11.7 Å². The summed E-state index contributed by atoms with van der Waals surface area (Å²) < 4.78 is 41.4. The highest BCUT2D eigenvalue weighted by Crippen LogP contribution is 2.29. The van der Waals surface area contributed by atoms with E-state index >= 15 is 0 Å². The normalized spacial score (nSPS) is 17.9. The molecule has 3 rings (SSSR count). The number of amides is 1. The molecule has 1 aliphatic heterocycles. The summed E-state index contributed by atoms with van der Waals surface area (Å²) in [6.45, 7) is 3.67. The van der Waals surface area contributed by atoms with Gasteiger partial charge < -0.3 is 9.64 Å². The van der Waals surface area contributed by atoms with Crippen molar-refractivity contribution in [2.45, 2.75) is 39.0 Å². The highest BCUT2D eigenvalue weighted by Gasteiger charge is 2.31. The van der Waals surface area contributed by atoms with E-state index < -0.39 is 6.36 Å². The summed E-state index contributed by atoms with van der Waals surface area (Å²) in [6, 6.07) is 12.8. The Morgan fingerprint density at radius 1 is 1.07 bits per heavy atom. The van der Waals surface area contributed by atoms with Crippen molar-refractivity contribution >= 4 is 5.91 Å². The average molecular weight is 391 g/mol. The third-order valence-corrected chi connectivity index (χ3v) is 5.22. The van der Waals surface area contributed by atoms with Crippen LogP contribution in [0.2, 0.25) is 0 Å². The number of halogens is 3. The van der Waals surface area contributed by atoms with Crippen molar-refractivity contribution < 1.29 is 22.7 Å². The number of rotatable bonds is 4. The lowest BCUT2D eigenvalue weighted by molar-refractivity contribution is -0.274. The lowest BCUT2D eigenvalue weighted by Gasteiger charge is -2.21. The Morgan fingerprint density at radius 2 is 1.79 bits per heavy atom. The van der Waals surface area contributed by atoms with Gasteiger partial charge in [0.2, 0.25) is 0 Å². The minimum Gasteiger partial charge on any atom is -0.406 e. The van der Waals surface area contributed by atoms with Gasteiger partial charge in [0, 0.05) is 18.7 Å². The first kappa shape index (κ1) is 20.2. The monoisotopic (exact) mass is 391 g/mol. The number of benzene rings is 2. The molecule has 0 bridgehead atoms. The highest BCUT2D eigenvalue weighted by molar-refractivity contribution is 5.95. The number of carbonyl (C=O) groups is 1. The van der Waals surface area contributed by atoms with Crippen LogP contribution in [0.5, 0.6) is 5.75 Å². The lowest BCUT2D eigenvalue weighted by atomic mass is 9.98. The summed E-state index contributed by atoms with van der Waals surface area (Å²) in [4.78, 5) is 14.8. The molecule has 0 aliphatic carbocycles. The number of ether oxygens (including phenoxy) is 1. The second kappa shape index (κ2) is 8.67. The molecule has 0 saturated carbocycles. The van der Waals surface area contributed by atoms with Crippen molar-refractivity contribution in [1.29, 1.82) is 0 Å². The van der Waals surface area contributed by atoms with Crippen LogP contribution in [-0.4, -0.2) is 30.3 Å². The average Bonchev–Trinajstić information content (AvgIpc) is 2.92. The molecule has 1 unspecified atom stereocenters. The Kier molecular flexibility index (Phi) is 6.27. The zero-order valence-electron chi connectivity index (χ0n) is 15.8. The smallest absolute Gasteiger partial charge is 0.406 e. The summed E-state index contributed by atoms with van der Waals surface area (Å²) in [5.74, 6) is 0.363. The minimum atomic E-state index is -4.74. The van der Waals surface area contributed by atoms with Gasteiger partial charge in [0.25, 0.3) is 5.91 Å². The fourth-order valence-corrected chi connectivity index (χ4v) is 3.66. The van der Waals surface area contributed by atoms with E-state index in [4.69, 9.17) is 0 Å². The number of carbonyl (C=O) groups excluding carboxylic acids is 1. The molecule has 1 heterocycles. The maximum absolute atomic E-state index is 12.9.